The van der Waals surface area contributed by atoms with Gasteiger partial charge in [-0.15, -0.1) is 11.6 Å². The summed E-state index contributed by atoms with van der Waals surface area (Å²) in [4.78, 5) is 0. The maximum absolute atomic E-state index is 5.91. The molecule has 2 heteroatoms. The Morgan fingerprint density at radius 3 is 2.17 bits per heavy atom. The molecule has 0 spiro atoms. The lowest BCUT2D eigenvalue weighted by Crippen LogP contribution is -2.23. The summed E-state index contributed by atoms with van der Waals surface area (Å²) in [6.45, 7) is 8.95. The molecule has 1 aliphatic rings. The van der Waals surface area contributed by atoms with E-state index in [1.807, 2.05) is 0 Å². The Morgan fingerprint density at radius 2 is 1.92 bits per heavy atom. The van der Waals surface area contributed by atoms with Crippen LogP contribution >= 0.6 is 11.6 Å². The predicted molar refractivity (Wildman–Crippen MR) is 52.6 cm³/mol. The molecular weight excluding hydrogens is 172 g/mol. The van der Waals surface area contributed by atoms with Crippen molar-refractivity contribution in [2.24, 2.45) is 16.7 Å². The van der Waals surface area contributed by atoms with Crippen LogP contribution in [0.15, 0.2) is 0 Å². The molecule has 0 heterocycles. The highest BCUT2D eigenvalue weighted by Crippen LogP contribution is 2.71. The summed E-state index contributed by atoms with van der Waals surface area (Å²) in [6.07, 6.45) is 0.302. The first-order valence-electron chi connectivity index (χ1n) is 4.51. The van der Waals surface area contributed by atoms with Gasteiger partial charge in [-0.2, -0.15) is 0 Å². The van der Waals surface area contributed by atoms with E-state index in [-0.39, 0.29) is 5.41 Å². The van der Waals surface area contributed by atoms with Crippen molar-refractivity contribution in [1.82, 2.24) is 0 Å². The fourth-order valence-electron chi connectivity index (χ4n) is 2.54. The van der Waals surface area contributed by atoms with Gasteiger partial charge in [0.25, 0.3) is 0 Å². The molecule has 0 aromatic heterocycles. The van der Waals surface area contributed by atoms with Crippen molar-refractivity contribution >= 4 is 11.6 Å². The molecule has 1 saturated carbocycles. The lowest BCUT2D eigenvalue weighted by atomic mass is 9.93. The third kappa shape index (κ3) is 1.03. The largest absolute Gasteiger partial charge is 0.381 e. The summed E-state index contributed by atoms with van der Waals surface area (Å²) in [5.74, 6) is 1.35. The Labute approximate surface area is 80.4 Å². The Bertz CT molecular complexity index is 179. The number of rotatable bonds is 3. The summed E-state index contributed by atoms with van der Waals surface area (Å²) >= 11 is 5.91. The minimum atomic E-state index is 0.267. The summed E-state index contributed by atoms with van der Waals surface area (Å²) in [6, 6.07) is 0. The second-order valence-electron chi connectivity index (χ2n) is 4.59. The number of ether oxygens (including phenoxy) is 1. The van der Waals surface area contributed by atoms with E-state index in [1.165, 1.54) is 0 Å². The van der Waals surface area contributed by atoms with Crippen LogP contribution in [0.2, 0.25) is 0 Å². The average Bonchev–Trinajstić information content (AvgIpc) is 2.46. The van der Waals surface area contributed by atoms with E-state index < -0.39 is 0 Å². The SMILES string of the molecule is COC(C)C1(C)C(CCl)C1(C)C. The van der Waals surface area contributed by atoms with Gasteiger partial charge in [0.15, 0.2) is 0 Å². The molecule has 0 aliphatic heterocycles. The maximum Gasteiger partial charge on any atom is 0.0605 e. The molecule has 1 aliphatic carbocycles. The van der Waals surface area contributed by atoms with Crippen LogP contribution in [0.4, 0.5) is 0 Å². The monoisotopic (exact) mass is 190 g/mol. The van der Waals surface area contributed by atoms with Crippen LogP contribution in [-0.4, -0.2) is 19.1 Å². The zero-order chi connectivity index (χ0) is 9.57. The van der Waals surface area contributed by atoms with Gasteiger partial charge in [-0.25, -0.2) is 0 Å². The second kappa shape index (κ2) is 2.88. The van der Waals surface area contributed by atoms with Gasteiger partial charge >= 0.3 is 0 Å². The standard InChI is InChI=1S/C10H19ClO/c1-7(12-5)10(4)8(6-11)9(10,2)3/h7-8H,6H2,1-5H3. The molecule has 0 saturated heterocycles. The lowest BCUT2D eigenvalue weighted by molar-refractivity contribution is 0.0431. The number of alkyl halides is 1. The molecule has 1 fully saturated rings. The van der Waals surface area contributed by atoms with E-state index in [4.69, 9.17) is 16.3 Å². The van der Waals surface area contributed by atoms with Gasteiger partial charge in [-0.3, -0.25) is 0 Å². The zero-order valence-electron chi connectivity index (χ0n) is 8.65. The molecule has 1 nitrogen and oxygen atoms in total. The number of methoxy groups -OCH3 is 1. The topological polar surface area (TPSA) is 9.23 Å². The molecule has 72 valence electrons. The van der Waals surface area contributed by atoms with E-state index in [9.17, 15) is 0 Å². The highest BCUT2D eigenvalue weighted by atomic mass is 35.5. The molecule has 0 amide bonds. The highest BCUT2D eigenvalue weighted by molar-refractivity contribution is 6.18. The summed E-state index contributed by atoms with van der Waals surface area (Å²) in [5, 5.41) is 0. The highest BCUT2D eigenvalue weighted by Gasteiger charge is 2.69. The molecule has 0 bridgehead atoms. The van der Waals surface area contributed by atoms with Crippen molar-refractivity contribution in [3.05, 3.63) is 0 Å². The van der Waals surface area contributed by atoms with Gasteiger partial charge in [-0.1, -0.05) is 20.8 Å². The quantitative estimate of drug-likeness (QED) is 0.622. The molecule has 0 aromatic rings. The Hall–Kier alpha value is 0.250. The van der Waals surface area contributed by atoms with Crippen molar-refractivity contribution < 1.29 is 4.74 Å². The van der Waals surface area contributed by atoms with Crippen LogP contribution < -0.4 is 0 Å². The first-order valence-corrected chi connectivity index (χ1v) is 5.05. The number of halogens is 1. The first-order chi connectivity index (χ1) is 5.42. The van der Waals surface area contributed by atoms with Crippen molar-refractivity contribution in [2.45, 2.75) is 33.8 Å². The molecule has 0 aromatic carbocycles. The summed E-state index contributed by atoms with van der Waals surface area (Å²) in [5.41, 5.74) is 0.605. The fourth-order valence-corrected chi connectivity index (χ4v) is 3.25. The van der Waals surface area contributed by atoms with Gasteiger partial charge in [-0.05, 0) is 18.3 Å². The van der Waals surface area contributed by atoms with Gasteiger partial charge in [0.1, 0.15) is 0 Å². The molecule has 3 atom stereocenters. The maximum atomic E-state index is 5.91. The van der Waals surface area contributed by atoms with E-state index in [1.54, 1.807) is 7.11 Å². The molecule has 0 radical (unpaired) electrons. The van der Waals surface area contributed by atoms with Crippen LogP contribution in [0.25, 0.3) is 0 Å². The zero-order valence-corrected chi connectivity index (χ0v) is 9.40. The van der Waals surface area contributed by atoms with Crippen molar-refractivity contribution in [2.75, 3.05) is 13.0 Å². The van der Waals surface area contributed by atoms with Gasteiger partial charge in [0.05, 0.1) is 6.10 Å². The number of hydrogen-bond acceptors (Lipinski definition) is 1. The van der Waals surface area contributed by atoms with Gasteiger partial charge in [0, 0.05) is 18.4 Å². The number of hydrogen-bond donors (Lipinski definition) is 0. The van der Waals surface area contributed by atoms with E-state index in [0.717, 1.165) is 5.88 Å². The predicted octanol–water partition coefficient (Wildman–Crippen LogP) is 2.92. The minimum absolute atomic E-state index is 0.267. The van der Waals surface area contributed by atoms with Gasteiger partial charge < -0.3 is 4.74 Å². The van der Waals surface area contributed by atoms with Crippen LogP contribution in [0.1, 0.15) is 27.7 Å². The van der Waals surface area contributed by atoms with Crippen LogP contribution in [0.5, 0.6) is 0 Å². The lowest BCUT2D eigenvalue weighted by Gasteiger charge is -2.21. The van der Waals surface area contributed by atoms with Crippen LogP contribution in [0.3, 0.4) is 0 Å². The van der Waals surface area contributed by atoms with E-state index >= 15 is 0 Å². The molecule has 1 rings (SSSR count). The van der Waals surface area contributed by atoms with E-state index in [2.05, 4.69) is 27.7 Å². The molecule has 3 unspecified atom stereocenters. The average molecular weight is 191 g/mol. The molecular formula is C10H19ClO. The third-order valence-electron chi connectivity index (χ3n) is 4.25. The third-order valence-corrected chi connectivity index (χ3v) is 4.56. The second-order valence-corrected chi connectivity index (χ2v) is 4.90. The van der Waals surface area contributed by atoms with Gasteiger partial charge in [0.2, 0.25) is 0 Å². The van der Waals surface area contributed by atoms with Crippen molar-refractivity contribution in [3.63, 3.8) is 0 Å². The van der Waals surface area contributed by atoms with Crippen molar-refractivity contribution in [1.29, 1.82) is 0 Å². The molecule has 12 heavy (non-hydrogen) atoms. The summed E-state index contributed by atoms with van der Waals surface area (Å²) < 4.78 is 5.39. The minimum Gasteiger partial charge on any atom is -0.381 e. The Balaban J connectivity index is 2.76. The van der Waals surface area contributed by atoms with Crippen LogP contribution in [0, 0.1) is 16.7 Å². The Kier molecular flexibility index (Phi) is 2.48. The van der Waals surface area contributed by atoms with E-state index in [0.29, 0.717) is 17.4 Å². The molecule has 0 N–H and O–H groups in total. The fraction of sp³-hybridized carbons (Fsp3) is 1.00. The smallest absolute Gasteiger partial charge is 0.0605 e. The summed E-state index contributed by atoms with van der Waals surface area (Å²) in [7, 11) is 1.77. The first kappa shape index (κ1) is 10.3. The van der Waals surface area contributed by atoms with Crippen LogP contribution in [-0.2, 0) is 4.74 Å². The normalized spacial score (nSPS) is 41.0. The Morgan fingerprint density at radius 1 is 1.42 bits per heavy atom. The van der Waals surface area contributed by atoms with Crippen molar-refractivity contribution in [3.8, 4) is 0 Å².